The summed E-state index contributed by atoms with van der Waals surface area (Å²) in [6, 6.07) is 7.24. The first-order valence-electron chi connectivity index (χ1n) is 5.20. The van der Waals surface area contributed by atoms with Crippen LogP contribution >= 0.6 is 0 Å². The smallest absolute Gasteiger partial charge is 0.317 e. The van der Waals surface area contributed by atoms with Gasteiger partial charge in [-0.15, -0.1) is 0 Å². The standard InChI is InChI=1S/C12H17NO3/c1-8-3-5-10(6-4-8)12(16)9(2)13-7-11(14)15/h3-6,9,12-13,16H,7H2,1-2H3,(H,14,15). The molecule has 0 heterocycles. The molecular formula is C12H17NO3. The lowest BCUT2D eigenvalue weighted by Crippen LogP contribution is -2.35. The van der Waals surface area contributed by atoms with Crippen LogP contribution in [0.2, 0.25) is 0 Å². The molecule has 0 saturated carbocycles. The molecule has 0 spiro atoms. The van der Waals surface area contributed by atoms with Gasteiger partial charge in [0.2, 0.25) is 0 Å². The Morgan fingerprint density at radius 2 is 1.94 bits per heavy atom. The van der Waals surface area contributed by atoms with E-state index < -0.39 is 12.1 Å². The summed E-state index contributed by atoms with van der Waals surface area (Å²) in [6.45, 7) is 3.58. The van der Waals surface area contributed by atoms with E-state index in [0.717, 1.165) is 11.1 Å². The van der Waals surface area contributed by atoms with Crippen LogP contribution in [-0.2, 0) is 4.79 Å². The molecular weight excluding hydrogens is 206 g/mol. The highest BCUT2D eigenvalue weighted by Gasteiger charge is 2.16. The summed E-state index contributed by atoms with van der Waals surface area (Å²) in [5.41, 5.74) is 1.91. The Labute approximate surface area is 94.9 Å². The zero-order chi connectivity index (χ0) is 12.1. The lowest BCUT2D eigenvalue weighted by atomic mass is 10.0. The van der Waals surface area contributed by atoms with Crippen molar-refractivity contribution in [2.75, 3.05) is 6.54 Å². The number of carboxylic acids is 1. The van der Waals surface area contributed by atoms with E-state index in [4.69, 9.17) is 5.11 Å². The van der Waals surface area contributed by atoms with Crippen molar-refractivity contribution in [3.63, 3.8) is 0 Å². The molecule has 0 saturated heterocycles. The Hall–Kier alpha value is -1.39. The summed E-state index contributed by atoms with van der Waals surface area (Å²) >= 11 is 0. The second-order valence-electron chi connectivity index (χ2n) is 3.92. The number of carbonyl (C=O) groups is 1. The molecule has 4 nitrogen and oxygen atoms in total. The first kappa shape index (κ1) is 12.7. The minimum atomic E-state index is -0.928. The second-order valence-corrected chi connectivity index (χ2v) is 3.92. The lowest BCUT2D eigenvalue weighted by Gasteiger charge is -2.19. The minimum Gasteiger partial charge on any atom is -0.480 e. The Balaban J connectivity index is 2.59. The number of aliphatic hydroxyl groups excluding tert-OH is 1. The van der Waals surface area contributed by atoms with E-state index in [2.05, 4.69) is 5.32 Å². The molecule has 0 aliphatic heterocycles. The predicted molar refractivity (Wildman–Crippen MR) is 61.2 cm³/mol. The molecule has 0 radical (unpaired) electrons. The normalized spacial score (nSPS) is 14.4. The monoisotopic (exact) mass is 223 g/mol. The summed E-state index contributed by atoms with van der Waals surface area (Å²) in [6.07, 6.45) is -0.694. The van der Waals surface area contributed by atoms with Gasteiger partial charge in [0.15, 0.2) is 0 Å². The molecule has 0 fully saturated rings. The molecule has 16 heavy (non-hydrogen) atoms. The summed E-state index contributed by atoms with van der Waals surface area (Å²) < 4.78 is 0. The topological polar surface area (TPSA) is 69.6 Å². The zero-order valence-corrected chi connectivity index (χ0v) is 9.47. The van der Waals surface area contributed by atoms with Crippen LogP contribution in [-0.4, -0.2) is 28.8 Å². The highest BCUT2D eigenvalue weighted by atomic mass is 16.4. The van der Waals surface area contributed by atoms with E-state index in [1.54, 1.807) is 6.92 Å². The largest absolute Gasteiger partial charge is 0.480 e. The molecule has 1 rings (SSSR count). The molecule has 2 unspecified atom stereocenters. The van der Waals surface area contributed by atoms with E-state index >= 15 is 0 Å². The number of hydrogen-bond acceptors (Lipinski definition) is 3. The third-order valence-electron chi connectivity index (χ3n) is 2.47. The summed E-state index contributed by atoms with van der Waals surface area (Å²) in [5, 5.41) is 21.2. The number of aliphatic carboxylic acids is 1. The van der Waals surface area contributed by atoms with Gasteiger partial charge in [0.1, 0.15) is 0 Å². The van der Waals surface area contributed by atoms with Crippen LogP contribution in [0.15, 0.2) is 24.3 Å². The summed E-state index contributed by atoms with van der Waals surface area (Å²) in [4.78, 5) is 10.4. The number of aliphatic hydroxyl groups is 1. The maximum Gasteiger partial charge on any atom is 0.317 e. The second kappa shape index (κ2) is 5.63. The lowest BCUT2D eigenvalue weighted by molar-refractivity contribution is -0.136. The van der Waals surface area contributed by atoms with Crippen LogP contribution in [0.25, 0.3) is 0 Å². The number of rotatable bonds is 5. The molecule has 0 aliphatic carbocycles. The molecule has 4 heteroatoms. The van der Waals surface area contributed by atoms with Gasteiger partial charge in [-0.25, -0.2) is 0 Å². The van der Waals surface area contributed by atoms with Crippen molar-refractivity contribution in [1.82, 2.24) is 5.32 Å². The van der Waals surface area contributed by atoms with Gasteiger partial charge in [0.25, 0.3) is 0 Å². The average Bonchev–Trinajstić information content (AvgIpc) is 2.26. The molecule has 0 aliphatic rings. The highest BCUT2D eigenvalue weighted by molar-refractivity contribution is 5.69. The van der Waals surface area contributed by atoms with Crippen LogP contribution in [0.3, 0.4) is 0 Å². The van der Waals surface area contributed by atoms with Crippen LogP contribution < -0.4 is 5.32 Å². The number of carboxylic acid groups (broad SMARTS) is 1. The van der Waals surface area contributed by atoms with Crippen LogP contribution in [0.4, 0.5) is 0 Å². The van der Waals surface area contributed by atoms with Gasteiger partial charge in [-0.1, -0.05) is 29.8 Å². The highest BCUT2D eigenvalue weighted by Crippen LogP contribution is 2.16. The van der Waals surface area contributed by atoms with E-state index in [9.17, 15) is 9.90 Å². The summed E-state index contributed by atoms with van der Waals surface area (Å²) in [5.74, 6) is -0.928. The number of hydrogen-bond donors (Lipinski definition) is 3. The molecule has 0 bridgehead atoms. The SMILES string of the molecule is Cc1ccc(C(O)C(C)NCC(=O)O)cc1. The van der Waals surface area contributed by atoms with Crippen molar-refractivity contribution in [2.24, 2.45) is 0 Å². The maximum atomic E-state index is 10.4. The van der Waals surface area contributed by atoms with E-state index in [1.807, 2.05) is 31.2 Å². The van der Waals surface area contributed by atoms with Crippen LogP contribution in [0.1, 0.15) is 24.2 Å². The van der Waals surface area contributed by atoms with Gasteiger partial charge in [0, 0.05) is 6.04 Å². The van der Waals surface area contributed by atoms with Crippen molar-refractivity contribution < 1.29 is 15.0 Å². The van der Waals surface area contributed by atoms with E-state index in [0.29, 0.717) is 0 Å². The van der Waals surface area contributed by atoms with Crippen molar-refractivity contribution in [1.29, 1.82) is 0 Å². The average molecular weight is 223 g/mol. The first-order chi connectivity index (χ1) is 7.50. The predicted octanol–water partition coefficient (Wildman–Crippen LogP) is 1.09. The van der Waals surface area contributed by atoms with Crippen LogP contribution in [0.5, 0.6) is 0 Å². The van der Waals surface area contributed by atoms with Gasteiger partial charge in [-0.3, -0.25) is 4.79 Å². The van der Waals surface area contributed by atoms with Gasteiger partial charge in [0.05, 0.1) is 12.6 Å². The molecule has 88 valence electrons. The molecule has 2 atom stereocenters. The zero-order valence-electron chi connectivity index (χ0n) is 9.47. The molecule has 0 aromatic heterocycles. The first-order valence-corrected chi connectivity index (χ1v) is 5.20. The van der Waals surface area contributed by atoms with Gasteiger partial charge in [-0.05, 0) is 19.4 Å². The van der Waals surface area contributed by atoms with Gasteiger partial charge >= 0.3 is 5.97 Å². The third kappa shape index (κ3) is 3.64. The number of nitrogens with one attached hydrogen (secondary N) is 1. The van der Waals surface area contributed by atoms with Crippen molar-refractivity contribution >= 4 is 5.97 Å². The molecule has 1 aromatic carbocycles. The number of aryl methyl sites for hydroxylation is 1. The Bertz CT molecular complexity index is 348. The van der Waals surface area contributed by atoms with Crippen molar-refractivity contribution in [3.8, 4) is 0 Å². The van der Waals surface area contributed by atoms with E-state index in [1.165, 1.54) is 0 Å². The Morgan fingerprint density at radius 1 is 1.38 bits per heavy atom. The molecule has 3 N–H and O–H groups in total. The van der Waals surface area contributed by atoms with Crippen molar-refractivity contribution in [3.05, 3.63) is 35.4 Å². The number of benzene rings is 1. The summed E-state index contributed by atoms with van der Waals surface area (Å²) in [7, 11) is 0. The Kier molecular flexibility index (Phi) is 4.46. The fourth-order valence-corrected chi connectivity index (χ4v) is 1.41. The Morgan fingerprint density at radius 3 is 2.44 bits per heavy atom. The van der Waals surface area contributed by atoms with Crippen molar-refractivity contribution in [2.45, 2.75) is 26.0 Å². The third-order valence-corrected chi connectivity index (χ3v) is 2.47. The molecule has 0 amide bonds. The maximum absolute atomic E-state index is 10.4. The van der Waals surface area contributed by atoms with Crippen LogP contribution in [0, 0.1) is 6.92 Å². The van der Waals surface area contributed by atoms with E-state index in [-0.39, 0.29) is 12.6 Å². The minimum absolute atomic E-state index is 0.149. The van der Waals surface area contributed by atoms with Gasteiger partial charge in [-0.2, -0.15) is 0 Å². The fourth-order valence-electron chi connectivity index (χ4n) is 1.41. The molecule has 1 aromatic rings. The van der Waals surface area contributed by atoms with Gasteiger partial charge < -0.3 is 15.5 Å². The fraction of sp³-hybridized carbons (Fsp3) is 0.417. The quantitative estimate of drug-likeness (QED) is 0.699.